The van der Waals surface area contributed by atoms with Crippen LogP contribution in [0.25, 0.3) is 0 Å². The molecule has 4 aromatic rings. The van der Waals surface area contributed by atoms with E-state index in [1.165, 1.54) is 26.7 Å². The van der Waals surface area contributed by atoms with Gasteiger partial charge in [-0.15, -0.1) is 18.8 Å². The van der Waals surface area contributed by atoms with Gasteiger partial charge in [-0.1, -0.05) is 79.8 Å². The van der Waals surface area contributed by atoms with Gasteiger partial charge >= 0.3 is 11.9 Å². The maximum atomic E-state index is 11.7. The van der Waals surface area contributed by atoms with E-state index in [4.69, 9.17) is 42.6 Å². The summed E-state index contributed by atoms with van der Waals surface area (Å²) >= 11 is 6.66. The average Bonchev–Trinajstić information content (AvgIpc) is 3.39. The van der Waals surface area contributed by atoms with Crippen LogP contribution in [0.5, 0.6) is 23.0 Å². The molecular weight excluding hydrogens is 1010 g/mol. The highest BCUT2D eigenvalue weighted by molar-refractivity contribution is 9.09. The lowest BCUT2D eigenvalue weighted by molar-refractivity contribution is -0.142. The van der Waals surface area contributed by atoms with Gasteiger partial charge in [0.15, 0.2) is 0 Å². The van der Waals surface area contributed by atoms with E-state index in [0.29, 0.717) is 30.8 Å². The van der Waals surface area contributed by atoms with E-state index in [-0.39, 0.29) is 25.3 Å². The lowest BCUT2D eigenvalue weighted by atomic mass is 10.2. The van der Waals surface area contributed by atoms with Gasteiger partial charge in [0.2, 0.25) is 0 Å². The second kappa shape index (κ2) is 41.5. The van der Waals surface area contributed by atoms with Crippen LogP contribution in [0.4, 0.5) is 0 Å². The molecule has 4 rings (SSSR count). The SMILES string of the molecule is BrCCCCBr.C#Cc1ccc(O\C=C/C=C/C=C\Oc2ccc(C#C)cc2)cc1.CC#Cc1ccc(O\C=C/C=C/C=C\Oc2ccc(C#CC(=O)OCCCCOC(C)=O)cc2)cc1.[2H]CC(C)=O. The molecule has 9 nitrogen and oxygen atoms in total. The minimum atomic E-state index is -0.600. The summed E-state index contributed by atoms with van der Waals surface area (Å²) in [6.45, 7) is 5.01. The number of hydrogen-bond donors (Lipinski definition) is 0. The molecule has 0 unspecified atom stereocenters. The number of terminal acetylenes is 2. The number of esters is 2. The number of unbranched alkanes of at least 4 members (excludes halogenated alkanes) is 2. The second-order valence-corrected chi connectivity index (χ2v) is 15.1. The Morgan fingerprint density at radius 3 is 1.14 bits per heavy atom. The fraction of sp³-hybridized carbons (Fsp3) is 0.203. The van der Waals surface area contributed by atoms with Crippen molar-refractivity contribution in [2.24, 2.45) is 0 Å². The van der Waals surface area contributed by atoms with E-state index in [1.54, 1.807) is 80.5 Å². The topological polar surface area (TPSA) is 107 Å². The van der Waals surface area contributed by atoms with Crippen LogP contribution in [0.15, 0.2) is 171 Å². The number of rotatable bonds is 20. The molecule has 362 valence electrons. The number of carbonyl (C=O) groups is 3. The van der Waals surface area contributed by atoms with Gasteiger partial charge in [0, 0.05) is 47.1 Å². The fourth-order valence-electron chi connectivity index (χ4n) is 4.48. The van der Waals surface area contributed by atoms with E-state index >= 15 is 0 Å². The summed E-state index contributed by atoms with van der Waals surface area (Å²) in [6, 6.07) is 29.1. The minimum absolute atomic E-state index is 0.0787. The van der Waals surface area contributed by atoms with E-state index in [2.05, 4.69) is 67.4 Å². The Morgan fingerprint density at radius 1 is 0.514 bits per heavy atom. The van der Waals surface area contributed by atoms with Crippen LogP contribution < -0.4 is 18.9 Å². The molecule has 0 amide bonds. The molecule has 4 aromatic carbocycles. The van der Waals surface area contributed by atoms with Crippen molar-refractivity contribution in [1.82, 2.24) is 0 Å². The molecule has 0 aromatic heterocycles. The summed E-state index contributed by atoms with van der Waals surface area (Å²) in [5.41, 5.74) is 3.26. The van der Waals surface area contributed by atoms with Crippen LogP contribution >= 0.6 is 31.9 Å². The Morgan fingerprint density at radius 2 is 0.843 bits per heavy atom. The fourth-order valence-corrected chi connectivity index (χ4v) is 5.27. The van der Waals surface area contributed by atoms with Crippen molar-refractivity contribution in [2.45, 2.75) is 53.4 Å². The van der Waals surface area contributed by atoms with E-state index in [0.717, 1.165) is 44.6 Å². The van der Waals surface area contributed by atoms with Crippen molar-refractivity contribution in [3.05, 3.63) is 193 Å². The third-order valence-electron chi connectivity index (χ3n) is 7.72. The lowest BCUT2D eigenvalue weighted by Crippen LogP contribution is -2.05. The Hall–Kier alpha value is -7.67. The molecule has 0 saturated carbocycles. The van der Waals surface area contributed by atoms with Gasteiger partial charge in [0.05, 0.1) is 38.3 Å². The Bertz CT molecular complexity index is 2460. The monoisotopic (exact) mass is 1070 g/mol. The third kappa shape index (κ3) is 34.6. The molecule has 11 heteroatoms. The highest BCUT2D eigenvalue weighted by Crippen LogP contribution is 2.15. The van der Waals surface area contributed by atoms with Gasteiger partial charge in [-0.25, -0.2) is 4.79 Å². The summed E-state index contributed by atoms with van der Waals surface area (Å²) in [5.74, 6) is 18.0. The van der Waals surface area contributed by atoms with Crippen LogP contribution in [0.3, 0.4) is 0 Å². The number of allylic oxidation sites excluding steroid dienone is 8. The first-order valence-electron chi connectivity index (χ1n) is 22.4. The molecule has 0 spiro atoms. The van der Waals surface area contributed by atoms with E-state index in [1.807, 2.05) is 97.1 Å². The molecule has 0 aliphatic rings. The van der Waals surface area contributed by atoms with Gasteiger partial charge < -0.3 is 33.2 Å². The third-order valence-corrected chi connectivity index (χ3v) is 8.84. The number of ketones is 1. The molecule has 0 aliphatic heterocycles. The first kappa shape index (κ1) is 58.5. The maximum Gasteiger partial charge on any atom is 0.384 e. The maximum absolute atomic E-state index is 11.7. The predicted octanol–water partition coefficient (Wildman–Crippen LogP) is 13.2. The first-order chi connectivity index (χ1) is 34.6. The number of benzene rings is 4. The van der Waals surface area contributed by atoms with Gasteiger partial charge in [0.25, 0.3) is 0 Å². The average molecular weight is 1070 g/mol. The van der Waals surface area contributed by atoms with Crippen molar-refractivity contribution in [3.63, 3.8) is 0 Å². The highest BCUT2D eigenvalue weighted by atomic mass is 79.9. The van der Waals surface area contributed by atoms with Gasteiger partial charge in [-0.2, -0.15) is 0 Å². The number of hydrogen-bond acceptors (Lipinski definition) is 9. The zero-order chi connectivity index (χ0) is 52.0. The molecule has 0 atom stereocenters. The van der Waals surface area contributed by atoms with Gasteiger partial charge in [0.1, 0.15) is 28.8 Å². The number of carbonyl (C=O) groups excluding carboxylic acids is 3. The highest BCUT2D eigenvalue weighted by Gasteiger charge is 1.99. The number of ether oxygens (including phenoxy) is 6. The smallest absolute Gasteiger partial charge is 0.384 e. The van der Waals surface area contributed by atoms with Crippen molar-refractivity contribution in [3.8, 4) is 71.4 Å². The van der Waals surface area contributed by atoms with E-state index in [9.17, 15) is 14.4 Å². The second-order valence-electron chi connectivity index (χ2n) is 13.5. The van der Waals surface area contributed by atoms with Crippen LogP contribution in [-0.2, 0) is 23.9 Å². The lowest BCUT2D eigenvalue weighted by Gasteiger charge is -2.02. The molecule has 0 radical (unpaired) electrons. The van der Waals surface area contributed by atoms with Crippen molar-refractivity contribution in [1.29, 1.82) is 0 Å². The van der Waals surface area contributed by atoms with Crippen LogP contribution in [0.2, 0.25) is 0 Å². The normalized spacial score (nSPS) is 10.4. The molecule has 0 bridgehead atoms. The Kier molecular flexibility index (Phi) is 34.7. The predicted molar refractivity (Wildman–Crippen MR) is 288 cm³/mol. The van der Waals surface area contributed by atoms with Crippen LogP contribution in [-0.4, -0.2) is 41.6 Å². The standard InChI is InChI=1S/C30H28O6.C22H16O2.C4H8Br2.C3H6O/c1-3-10-26-11-16-28(17-12-26)34-22-6-4-5-7-23-35-29-18-13-27(14-19-29)15-20-30(32)36-24-9-8-21-33-25(2)31;1-3-19-9-13-21(14-10-19)23-17-7-5-6-8-18-24-22-15-11-20(4-2)12-16-22;5-3-1-2-4-6;1-3(2)4/h4-7,11-14,16-19,22-23H,8-9,21,24H2,1-2H3;1-2,5-18H;1-4H2;1-2H3/b5-4+,22-6-,23-7-;6-5+,17-7-,18-8-;;/i;;;1D. The number of alkyl halides is 2. The Balaban J connectivity index is 0.000000613. The molecular formula is C59H58Br2O9. The summed E-state index contributed by atoms with van der Waals surface area (Å²) in [4.78, 5) is 31.9. The molecule has 0 fully saturated rings. The zero-order valence-corrected chi connectivity index (χ0v) is 42.8. The largest absolute Gasteiger partial charge is 0.466 e. The minimum Gasteiger partial charge on any atom is -0.466 e. The Labute approximate surface area is 433 Å². The molecule has 70 heavy (non-hydrogen) atoms. The summed E-state index contributed by atoms with van der Waals surface area (Å²) < 4.78 is 38.0. The van der Waals surface area contributed by atoms with Crippen LogP contribution in [0, 0.1) is 48.4 Å². The summed E-state index contributed by atoms with van der Waals surface area (Å²) in [5, 5.41) is 2.28. The molecule has 0 aliphatic carbocycles. The quantitative estimate of drug-likeness (QED) is 0.0214. The number of Topliss-reactive ketones (excluding diaryl/α,β-unsaturated/α-hetero) is 1. The summed E-state index contributed by atoms with van der Waals surface area (Å²) in [6.07, 6.45) is 35.1. The van der Waals surface area contributed by atoms with Crippen LogP contribution in [0.1, 0.15) is 77.0 Å². The van der Waals surface area contributed by atoms with E-state index < -0.39 is 5.97 Å². The molecule has 0 saturated heterocycles. The van der Waals surface area contributed by atoms with Gasteiger partial charge in [-0.05, 0) is 168 Å². The first-order valence-corrected chi connectivity index (χ1v) is 23.9. The van der Waals surface area contributed by atoms with Crippen molar-refractivity contribution < 1.29 is 44.2 Å². The van der Waals surface area contributed by atoms with Crippen molar-refractivity contribution in [2.75, 3.05) is 23.9 Å². The molecule has 0 heterocycles. The zero-order valence-electron chi connectivity index (χ0n) is 40.6. The van der Waals surface area contributed by atoms with Gasteiger partial charge in [-0.3, -0.25) is 4.79 Å². The number of halogens is 2. The molecule has 0 N–H and O–H groups in total. The summed E-state index contributed by atoms with van der Waals surface area (Å²) in [7, 11) is 0. The van der Waals surface area contributed by atoms with Crippen molar-refractivity contribution >= 4 is 49.6 Å².